The Hall–Kier alpha value is -2.94. The fourth-order valence-corrected chi connectivity index (χ4v) is 3.46. The molecule has 0 aliphatic carbocycles. The van der Waals surface area contributed by atoms with E-state index in [9.17, 15) is 9.59 Å². The summed E-state index contributed by atoms with van der Waals surface area (Å²) in [6, 6.07) is 3.09. The standard InChI is InChI=1S/C24H36N2O7/c1-7-31-20-17-18(16-19(29-5)21(20)30-6)22(27)32-15-9-11-25-10-8-12-26(14-13-25)23(28)33-24(2,3)4/h7,16-17H,1,8-15H2,2-6H3. The van der Waals surface area contributed by atoms with Gasteiger partial charge in [-0.3, -0.25) is 0 Å². The zero-order chi connectivity index (χ0) is 24.4. The van der Waals surface area contributed by atoms with Gasteiger partial charge in [0, 0.05) is 26.2 Å². The summed E-state index contributed by atoms with van der Waals surface area (Å²) in [6.45, 7) is 13.1. The molecule has 0 N–H and O–H groups in total. The van der Waals surface area contributed by atoms with Gasteiger partial charge in [0.05, 0.1) is 32.7 Å². The van der Waals surface area contributed by atoms with E-state index in [0.29, 0.717) is 42.3 Å². The smallest absolute Gasteiger partial charge is 0.410 e. The molecule has 1 saturated heterocycles. The van der Waals surface area contributed by atoms with Crippen LogP contribution in [0.2, 0.25) is 0 Å². The summed E-state index contributed by atoms with van der Waals surface area (Å²) >= 11 is 0. The first-order chi connectivity index (χ1) is 15.7. The van der Waals surface area contributed by atoms with Crippen LogP contribution >= 0.6 is 0 Å². The summed E-state index contributed by atoms with van der Waals surface area (Å²) in [5.74, 6) is 0.577. The monoisotopic (exact) mass is 464 g/mol. The van der Waals surface area contributed by atoms with Crippen molar-refractivity contribution in [2.24, 2.45) is 0 Å². The molecular weight excluding hydrogens is 428 g/mol. The molecule has 0 aromatic heterocycles. The van der Waals surface area contributed by atoms with E-state index in [4.69, 9.17) is 23.7 Å². The maximum Gasteiger partial charge on any atom is 0.410 e. The van der Waals surface area contributed by atoms with Crippen LogP contribution < -0.4 is 14.2 Å². The lowest BCUT2D eigenvalue weighted by atomic mass is 10.2. The van der Waals surface area contributed by atoms with Crippen LogP contribution in [0.1, 0.15) is 44.0 Å². The molecule has 0 atom stereocenters. The van der Waals surface area contributed by atoms with Gasteiger partial charge in [-0.1, -0.05) is 6.58 Å². The molecule has 1 aliphatic rings. The molecule has 184 valence electrons. The van der Waals surface area contributed by atoms with Gasteiger partial charge in [-0.15, -0.1) is 0 Å². The van der Waals surface area contributed by atoms with Crippen LogP contribution in [0.5, 0.6) is 17.2 Å². The van der Waals surface area contributed by atoms with Gasteiger partial charge < -0.3 is 33.5 Å². The van der Waals surface area contributed by atoms with Crippen molar-refractivity contribution >= 4 is 12.1 Å². The van der Waals surface area contributed by atoms with Crippen molar-refractivity contribution in [3.8, 4) is 17.2 Å². The van der Waals surface area contributed by atoms with Gasteiger partial charge in [-0.05, 0) is 52.3 Å². The second-order valence-corrected chi connectivity index (χ2v) is 8.65. The third-order valence-corrected chi connectivity index (χ3v) is 4.98. The average Bonchev–Trinajstić information content (AvgIpc) is 3.01. The first-order valence-electron chi connectivity index (χ1n) is 11.1. The van der Waals surface area contributed by atoms with Gasteiger partial charge in [0.1, 0.15) is 5.60 Å². The zero-order valence-corrected chi connectivity index (χ0v) is 20.3. The summed E-state index contributed by atoms with van der Waals surface area (Å²) in [5, 5.41) is 0. The number of hydrogen-bond donors (Lipinski definition) is 0. The van der Waals surface area contributed by atoms with E-state index >= 15 is 0 Å². The lowest BCUT2D eigenvalue weighted by molar-refractivity contribution is 0.0255. The number of amides is 1. The van der Waals surface area contributed by atoms with E-state index in [1.807, 2.05) is 20.8 Å². The molecule has 1 aromatic rings. The molecule has 1 fully saturated rings. The quantitative estimate of drug-likeness (QED) is 0.311. The van der Waals surface area contributed by atoms with E-state index in [1.165, 1.54) is 26.5 Å². The average molecular weight is 465 g/mol. The second-order valence-electron chi connectivity index (χ2n) is 8.65. The van der Waals surface area contributed by atoms with Crippen molar-refractivity contribution in [2.45, 2.75) is 39.2 Å². The Morgan fingerprint density at radius 1 is 1.06 bits per heavy atom. The minimum absolute atomic E-state index is 0.270. The maximum atomic E-state index is 12.5. The number of nitrogens with zero attached hydrogens (tertiary/aromatic N) is 2. The third-order valence-electron chi connectivity index (χ3n) is 4.98. The Bertz CT molecular complexity index is 820. The van der Waals surface area contributed by atoms with Crippen molar-refractivity contribution in [3.05, 3.63) is 30.5 Å². The lowest BCUT2D eigenvalue weighted by Crippen LogP contribution is -2.39. The molecule has 9 nitrogen and oxygen atoms in total. The first kappa shape index (κ1) is 26.3. The Morgan fingerprint density at radius 3 is 2.42 bits per heavy atom. The van der Waals surface area contributed by atoms with Crippen LogP contribution in [0.3, 0.4) is 0 Å². The van der Waals surface area contributed by atoms with Crippen LogP contribution in [0, 0.1) is 0 Å². The number of hydrogen-bond acceptors (Lipinski definition) is 8. The molecular formula is C24H36N2O7. The van der Waals surface area contributed by atoms with Crippen molar-refractivity contribution in [1.82, 2.24) is 9.80 Å². The van der Waals surface area contributed by atoms with Crippen molar-refractivity contribution in [1.29, 1.82) is 0 Å². The highest BCUT2D eigenvalue weighted by molar-refractivity contribution is 5.91. The normalized spacial score (nSPS) is 14.8. The summed E-state index contributed by atoms with van der Waals surface area (Å²) in [4.78, 5) is 28.8. The van der Waals surface area contributed by atoms with Gasteiger partial charge in [0.15, 0.2) is 11.5 Å². The maximum absolute atomic E-state index is 12.5. The van der Waals surface area contributed by atoms with Crippen LogP contribution in [0.15, 0.2) is 25.0 Å². The number of methoxy groups -OCH3 is 2. The molecule has 1 aromatic carbocycles. The lowest BCUT2D eigenvalue weighted by Gasteiger charge is -2.26. The number of carbonyl (C=O) groups is 2. The Balaban J connectivity index is 1.83. The topological polar surface area (TPSA) is 86.8 Å². The Morgan fingerprint density at radius 2 is 1.79 bits per heavy atom. The summed E-state index contributed by atoms with van der Waals surface area (Å²) in [7, 11) is 2.97. The molecule has 1 aliphatic heterocycles. The molecule has 1 amide bonds. The van der Waals surface area contributed by atoms with Crippen molar-refractivity contribution in [3.63, 3.8) is 0 Å². The molecule has 0 spiro atoms. The van der Waals surface area contributed by atoms with Gasteiger partial charge in [-0.2, -0.15) is 0 Å². The number of esters is 1. The third kappa shape index (κ3) is 8.16. The molecule has 0 saturated carbocycles. The highest BCUT2D eigenvalue weighted by atomic mass is 16.6. The summed E-state index contributed by atoms with van der Waals surface area (Å²) < 4.78 is 26.8. The van der Waals surface area contributed by atoms with Crippen LogP contribution in [-0.4, -0.2) is 81.0 Å². The highest BCUT2D eigenvalue weighted by Gasteiger charge is 2.24. The molecule has 1 heterocycles. The summed E-state index contributed by atoms with van der Waals surface area (Å²) in [5.41, 5.74) is -0.202. The molecule has 33 heavy (non-hydrogen) atoms. The number of ether oxygens (including phenoxy) is 5. The minimum Gasteiger partial charge on any atom is -0.493 e. The van der Waals surface area contributed by atoms with E-state index in [-0.39, 0.29) is 12.7 Å². The molecule has 0 unspecified atom stereocenters. The Kier molecular flexibility index (Phi) is 9.84. The zero-order valence-electron chi connectivity index (χ0n) is 20.3. The van der Waals surface area contributed by atoms with Crippen LogP contribution in [0.4, 0.5) is 4.79 Å². The van der Waals surface area contributed by atoms with E-state index in [0.717, 1.165) is 26.1 Å². The van der Waals surface area contributed by atoms with Crippen LogP contribution in [-0.2, 0) is 9.47 Å². The second kappa shape index (κ2) is 12.3. The van der Waals surface area contributed by atoms with Gasteiger partial charge in [-0.25, -0.2) is 9.59 Å². The minimum atomic E-state index is -0.501. The van der Waals surface area contributed by atoms with E-state index in [2.05, 4.69) is 11.5 Å². The summed E-state index contributed by atoms with van der Waals surface area (Å²) in [6.07, 6.45) is 2.53. The largest absolute Gasteiger partial charge is 0.493 e. The predicted octanol–water partition coefficient (Wildman–Crippen LogP) is 3.72. The number of rotatable bonds is 9. The Labute approximate surface area is 196 Å². The van der Waals surface area contributed by atoms with Crippen molar-refractivity contribution in [2.75, 3.05) is 53.6 Å². The number of benzene rings is 1. The fourth-order valence-electron chi connectivity index (χ4n) is 3.46. The molecule has 9 heteroatoms. The molecule has 2 rings (SSSR count). The van der Waals surface area contributed by atoms with Gasteiger partial charge >= 0.3 is 12.1 Å². The molecule has 0 radical (unpaired) electrons. The SMILES string of the molecule is C=COc1cc(C(=O)OCCCN2CCCN(C(=O)OC(C)(C)C)CC2)cc(OC)c1OC. The highest BCUT2D eigenvalue weighted by Crippen LogP contribution is 2.38. The van der Waals surface area contributed by atoms with Crippen LogP contribution in [0.25, 0.3) is 0 Å². The predicted molar refractivity (Wildman–Crippen MR) is 124 cm³/mol. The fraction of sp³-hybridized carbons (Fsp3) is 0.583. The number of carbonyl (C=O) groups excluding carboxylic acids is 2. The first-order valence-corrected chi connectivity index (χ1v) is 11.1. The van der Waals surface area contributed by atoms with E-state index < -0.39 is 11.6 Å². The van der Waals surface area contributed by atoms with Gasteiger partial charge in [0.2, 0.25) is 5.75 Å². The van der Waals surface area contributed by atoms with Gasteiger partial charge in [0.25, 0.3) is 0 Å². The van der Waals surface area contributed by atoms with E-state index in [1.54, 1.807) is 11.0 Å². The molecule has 0 bridgehead atoms. The van der Waals surface area contributed by atoms with Crippen molar-refractivity contribution < 1.29 is 33.3 Å².